The summed E-state index contributed by atoms with van der Waals surface area (Å²) < 4.78 is 11.6. The van der Waals surface area contributed by atoms with Gasteiger partial charge in [-0.15, -0.1) is 0 Å². The van der Waals surface area contributed by atoms with Crippen molar-refractivity contribution in [3.63, 3.8) is 0 Å². The van der Waals surface area contributed by atoms with Gasteiger partial charge in [0.05, 0.1) is 24.7 Å². The van der Waals surface area contributed by atoms with Crippen LogP contribution in [0.25, 0.3) is 0 Å². The fourth-order valence-corrected chi connectivity index (χ4v) is 7.47. The van der Waals surface area contributed by atoms with E-state index < -0.39 is 0 Å². The highest BCUT2D eigenvalue weighted by Gasteiger charge is 2.55. The average molecular weight is 447 g/mol. The van der Waals surface area contributed by atoms with Gasteiger partial charge in [0.15, 0.2) is 0 Å². The Bertz CT molecular complexity index is 733. The Morgan fingerprint density at radius 1 is 1.06 bits per heavy atom. The van der Waals surface area contributed by atoms with Crippen LogP contribution in [0.4, 0.5) is 0 Å². The molecule has 0 bridgehead atoms. The molecule has 0 amide bonds. The van der Waals surface area contributed by atoms with Crippen LogP contribution in [0.3, 0.4) is 0 Å². The lowest BCUT2D eigenvalue weighted by molar-refractivity contribution is -0.429. The highest BCUT2D eigenvalue weighted by atomic mass is 16.6. The molecule has 32 heavy (non-hydrogen) atoms. The van der Waals surface area contributed by atoms with Gasteiger partial charge in [-0.05, 0) is 94.0 Å². The second-order valence-electron chi connectivity index (χ2n) is 11.1. The summed E-state index contributed by atoms with van der Waals surface area (Å²) in [4.78, 5) is 13.2. The van der Waals surface area contributed by atoms with E-state index in [1.165, 1.54) is 44.1 Å². The van der Waals surface area contributed by atoms with Crippen LogP contribution in [0.5, 0.6) is 0 Å². The number of allylic oxidation sites excluding steroid dienone is 4. The smallest absolute Gasteiger partial charge is 0.246 e. The van der Waals surface area contributed by atoms with E-state index in [4.69, 9.17) is 9.47 Å². The minimum Gasteiger partial charge on any atom is -0.379 e. The Hall–Kier alpha value is -1.24. The third-order valence-corrected chi connectivity index (χ3v) is 9.21. The third-order valence-electron chi connectivity index (χ3n) is 9.21. The normalized spacial score (nSPS) is 36.2. The molecule has 0 aromatic heterocycles. The SMILES string of the molecule is CN(C)CCOCCOCCC1CCC2C3CCC4CC([N+](=O)[O-])=CC=C4C3CCC12C. The molecule has 4 aliphatic rings. The topological polar surface area (TPSA) is 64.8 Å². The van der Waals surface area contributed by atoms with Crippen molar-refractivity contribution in [1.29, 1.82) is 0 Å². The Balaban J connectivity index is 1.27. The van der Waals surface area contributed by atoms with Crippen LogP contribution in [-0.4, -0.2) is 56.9 Å². The maximum atomic E-state index is 11.2. The van der Waals surface area contributed by atoms with Gasteiger partial charge in [0.1, 0.15) is 0 Å². The molecule has 0 aromatic carbocycles. The van der Waals surface area contributed by atoms with E-state index >= 15 is 0 Å². The molecule has 0 saturated heterocycles. The fraction of sp³-hybridized carbons (Fsp3) is 0.846. The lowest BCUT2D eigenvalue weighted by atomic mass is 9.52. The maximum absolute atomic E-state index is 11.2. The average Bonchev–Trinajstić information content (AvgIpc) is 3.11. The molecular formula is C26H42N2O4. The lowest BCUT2D eigenvalue weighted by Gasteiger charge is -2.53. The standard InChI is InChI=1S/C26H42N2O4/c1-26-12-10-23-22-8-6-21(28(29)30)18-19(22)4-7-24(23)25(26)9-5-20(26)11-14-31-16-17-32-15-13-27(2)3/h6,8,19-20,23-25H,4-5,7,9-18H2,1-3H3. The van der Waals surface area contributed by atoms with Gasteiger partial charge in [-0.25, -0.2) is 0 Å². The largest absolute Gasteiger partial charge is 0.379 e. The molecule has 3 fully saturated rings. The van der Waals surface area contributed by atoms with Crippen LogP contribution >= 0.6 is 0 Å². The molecule has 0 radical (unpaired) electrons. The molecule has 4 aliphatic carbocycles. The van der Waals surface area contributed by atoms with Gasteiger partial charge in [0.25, 0.3) is 0 Å². The highest BCUT2D eigenvalue weighted by molar-refractivity contribution is 5.29. The Labute approximate surface area is 193 Å². The van der Waals surface area contributed by atoms with Crippen LogP contribution in [-0.2, 0) is 9.47 Å². The van der Waals surface area contributed by atoms with Crippen molar-refractivity contribution >= 4 is 0 Å². The van der Waals surface area contributed by atoms with E-state index in [0.717, 1.165) is 43.9 Å². The molecule has 180 valence electrons. The van der Waals surface area contributed by atoms with Crippen LogP contribution in [0.15, 0.2) is 23.4 Å². The Morgan fingerprint density at radius 2 is 1.84 bits per heavy atom. The maximum Gasteiger partial charge on any atom is 0.246 e. The summed E-state index contributed by atoms with van der Waals surface area (Å²) in [7, 11) is 4.12. The van der Waals surface area contributed by atoms with Crippen LogP contribution in [0.2, 0.25) is 0 Å². The molecule has 0 aliphatic heterocycles. The molecule has 0 spiro atoms. The molecule has 0 N–H and O–H groups in total. The number of nitro groups is 1. The summed E-state index contributed by atoms with van der Waals surface area (Å²) in [5, 5.41) is 11.2. The zero-order valence-corrected chi connectivity index (χ0v) is 20.3. The molecular weight excluding hydrogens is 404 g/mol. The number of hydrogen-bond donors (Lipinski definition) is 0. The van der Waals surface area contributed by atoms with Gasteiger partial charge < -0.3 is 14.4 Å². The Kier molecular flexibility index (Phi) is 7.73. The quantitative estimate of drug-likeness (QED) is 0.270. The summed E-state index contributed by atoms with van der Waals surface area (Å²) in [6.45, 7) is 6.50. The first-order valence-electron chi connectivity index (χ1n) is 12.8. The second-order valence-corrected chi connectivity index (χ2v) is 11.1. The first-order valence-corrected chi connectivity index (χ1v) is 12.8. The van der Waals surface area contributed by atoms with E-state index in [1.54, 1.807) is 6.08 Å². The van der Waals surface area contributed by atoms with Crippen LogP contribution in [0, 0.1) is 45.1 Å². The number of likely N-dealkylation sites (N-methyl/N-ethyl adjacent to an activating group) is 1. The van der Waals surface area contributed by atoms with Crippen molar-refractivity contribution in [2.24, 2.45) is 35.0 Å². The minimum atomic E-state index is -0.184. The number of fused-ring (bicyclic) bond motifs is 5. The van der Waals surface area contributed by atoms with Crippen molar-refractivity contribution in [1.82, 2.24) is 4.90 Å². The van der Waals surface area contributed by atoms with Crippen molar-refractivity contribution in [2.75, 3.05) is 47.1 Å². The number of hydrogen-bond acceptors (Lipinski definition) is 5. The zero-order valence-electron chi connectivity index (χ0n) is 20.3. The van der Waals surface area contributed by atoms with Gasteiger partial charge in [0.2, 0.25) is 5.70 Å². The van der Waals surface area contributed by atoms with E-state index in [9.17, 15) is 10.1 Å². The molecule has 6 atom stereocenters. The summed E-state index contributed by atoms with van der Waals surface area (Å²) in [5.41, 5.74) is 2.38. The summed E-state index contributed by atoms with van der Waals surface area (Å²) in [5.74, 6) is 3.42. The molecule has 6 unspecified atom stereocenters. The van der Waals surface area contributed by atoms with Gasteiger partial charge in [0, 0.05) is 25.6 Å². The van der Waals surface area contributed by atoms with E-state index in [-0.39, 0.29) is 4.92 Å². The van der Waals surface area contributed by atoms with Gasteiger partial charge in [-0.1, -0.05) is 18.6 Å². The first kappa shape index (κ1) is 23.9. The van der Waals surface area contributed by atoms with Gasteiger partial charge in [-0.2, -0.15) is 0 Å². The van der Waals surface area contributed by atoms with Gasteiger partial charge in [-0.3, -0.25) is 10.1 Å². The monoisotopic (exact) mass is 446 g/mol. The number of rotatable bonds is 10. The van der Waals surface area contributed by atoms with Crippen molar-refractivity contribution < 1.29 is 14.4 Å². The lowest BCUT2D eigenvalue weighted by Crippen LogP contribution is -2.45. The Morgan fingerprint density at radius 3 is 2.59 bits per heavy atom. The first-order chi connectivity index (χ1) is 15.4. The van der Waals surface area contributed by atoms with E-state index in [2.05, 4.69) is 32.0 Å². The van der Waals surface area contributed by atoms with Crippen molar-refractivity contribution in [3.05, 3.63) is 33.5 Å². The highest BCUT2D eigenvalue weighted by Crippen LogP contribution is 2.64. The summed E-state index contributed by atoms with van der Waals surface area (Å²) in [6, 6.07) is 0. The molecule has 3 saturated carbocycles. The molecule has 6 nitrogen and oxygen atoms in total. The van der Waals surface area contributed by atoms with E-state index in [1.807, 2.05) is 0 Å². The number of ether oxygens (including phenoxy) is 2. The van der Waals surface area contributed by atoms with Crippen LogP contribution < -0.4 is 0 Å². The van der Waals surface area contributed by atoms with Crippen molar-refractivity contribution in [2.45, 2.75) is 58.3 Å². The second kappa shape index (κ2) is 10.4. The molecule has 0 aromatic rings. The molecule has 6 heteroatoms. The number of nitrogens with zero attached hydrogens (tertiary/aromatic N) is 2. The van der Waals surface area contributed by atoms with Crippen LogP contribution in [0.1, 0.15) is 58.3 Å². The third kappa shape index (κ3) is 4.97. The predicted molar refractivity (Wildman–Crippen MR) is 126 cm³/mol. The van der Waals surface area contributed by atoms with Gasteiger partial charge >= 0.3 is 0 Å². The fourth-order valence-electron chi connectivity index (χ4n) is 7.47. The molecule has 4 rings (SSSR count). The van der Waals surface area contributed by atoms with Crippen molar-refractivity contribution in [3.8, 4) is 0 Å². The predicted octanol–water partition coefficient (Wildman–Crippen LogP) is 4.93. The zero-order chi connectivity index (χ0) is 22.7. The summed E-state index contributed by atoms with van der Waals surface area (Å²) >= 11 is 0. The minimum absolute atomic E-state index is 0.184. The van der Waals surface area contributed by atoms with E-state index in [0.29, 0.717) is 42.6 Å². The molecule has 0 heterocycles. The summed E-state index contributed by atoms with van der Waals surface area (Å²) in [6.07, 6.45) is 13.4.